The molecular formula is C15H20N2O3. The highest BCUT2D eigenvalue weighted by atomic mass is 16.4. The van der Waals surface area contributed by atoms with Gasteiger partial charge in [-0.15, -0.1) is 0 Å². The number of amides is 1. The van der Waals surface area contributed by atoms with Gasteiger partial charge in [0.2, 0.25) is 5.91 Å². The van der Waals surface area contributed by atoms with Gasteiger partial charge in [0, 0.05) is 5.69 Å². The summed E-state index contributed by atoms with van der Waals surface area (Å²) in [5.41, 5.74) is 1.86. The van der Waals surface area contributed by atoms with Gasteiger partial charge in [-0.2, -0.15) is 0 Å². The first kappa shape index (κ1) is 14.5. The number of hydrogen-bond donors (Lipinski definition) is 2. The summed E-state index contributed by atoms with van der Waals surface area (Å²) in [5.74, 6) is -0.938. The summed E-state index contributed by atoms with van der Waals surface area (Å²) in [5, 5.41) is 12.0. The molecule has 1 heterocycles. The molecule has 0 radical (unpaired) electrons. The molecule has 2 N–H and O–H groups in total. The molecule has 1 aliphatic rings. The molecule has 1 fully saturated rings. The van der Waals surface area contributed by atoms with Crippen molar-refractivity contribution < 1.29 is 14.7 Å². The van der Waals surface area contributed by atoms with Crippen molar-refractivity contribution >= 4 is 17.6 Å². The van der Waals surface area contributed by atoms with Gasteiger partial charge in [-0.05, 0) is 37.9 Å². The monoisotopic (exact) mass is 276 g/mol. The fraction of sp³-hybridized carbons (Fsp3) is 0.467. The third-order valence-electron chi connectivity index (χ3n) is 3.74. The van der Waals surface area contributed by atoms with Crippen LogP contribution in [0.4, 0.5) is 5.69 Å². The average molecular weight is 276 g/mol. The number of likely N-dealkylation sites (tertiary alicyclic amines) is 1. The van der Waals surface area contributed by atoms with E-state index in [1.54, 1.807) is 4.90 Å². The first-order valence-electron chi connectivity index (χ1n) is 6.81. The third kappa shape index (κ3) is 3.36. The second-order valence-electron chi connectivity index (χ2n) is 5.43. The predicted molar refractivity (Wildman–Crippen MR) is 76.6 cm³/mol. The fourth-order valence-electron chi connectivity index (χ4n) is 2.63. The van der Waals surface area contributed by atoms with E-state index in [1.807, 2.05) is 38.1 Å². The minimum absolute atomic E-state index is 0.0830. The molecule has 1 aliphatic heterocycles. The SMILES string of the molecule is Cc1ccc(NC(=O)CN2CCC(C)C2C(=O)O)cc1. The standard InChI is InChI=1S/C15H20N2O3/c1-10-3-5-12(6-4-10)16-13(18)9-17-8-7-11(2)14(17)15(19)20/h3-6,11,14H,7-9H2,1-2H3,(H,16,18)(H,19,20). The Kier molecular flexibility index (Phi) is 4.39. The van der Waals surface area contributed by atoms with E-state index in [0.717, 1.165) is 17.7 Å². The Hall–Kier alpha value is -1.88. The van der Waals surface area contributed by atoms with Crippen molar-refractivity contribution in [3.05, 3.63) is 29.8 Å². The molecule has 2 unspecified atom stereocenters. The Morgan fingerprint density at radius 3 is 2.60 bits per heavy atom. The minimum Gasteiger partial charge on any atom is -0.480 e. The molecule has 5 nitrogen and oxygen atoms in total. The lowest BCUT2D eigenvalue weighted by molar-refractivity contribution is -0.143. The first-order chi connectivity index (χ1) is 9.47. The lowest BCUT2D eigenvalue weighted by atomic mass is 10.0. The van der Waals surface area contributed by atoms with E-state index in [0.29, 0.717) is 6.54 Å². The number of carboxylic acids is 1. The quantitative estimate of drug-likeness (QED) is 0.878. The van der Waals surface area contributed by atoms with Crippen molar-refractivity contribution in [2.24, 2.45) is 5.92 Å². The summed E-state index contributed by atoms with van der Waals surface area (Å²) >= 11 is 0. The summed E-state index contributed by atoms with van der Waals surface area (Å²) in [6.07, 6.45) is 0.814. The molecule has 0 spiro atoms. The molecule has 0 saturated carbocycles. The highest BCUT2D eigenvalue weighted by Gasteiger charge is 2.37. The molecule has 1 aromatic rings. The van der Waals surface area contributed by atoms with Crippen LogP contribution in [0.2, 0.25) is 0 Å². The zero-order chi connectivity index (χ0) is 14.7. The van der Waals surface area contributed by atoms with Crippen LogP contribution >= 0.6 is 0 Å². The van der Waals surface area contributed by atoms with Gasteiger partial charge in [0.25, 0.3) is 0 Å². The second kappa shape index (κ2) is 6.05. The molecule has 1 aromatic carbocycles. The Balaban J connectivity index is 1.94. The van der Waals surface area contributed by atoms with E-state index in [2.05, 4.69) is 5.32 Å². The predicted octanol–water partition coefficient (Wildman–Crippen LogP) is 1.73. The molecule has 1 amide bonds. The van der Waals surface area contributed by atoms with Crippen LogP contribution in [-0.4, -0.2) is 41.0 Å². The van der Waals surface area contributed by atoms with E-state index in [4.69, 9.17) is 0 Å². The van der Waals surface area contributed by atoms with Gasteiger partial charge in [0.05, 0.1) is 6.54 Å². The number of rotatable bonds is 4. The van der Waals surface area contributed by atoms with Gasteiger partial charge < -0.3 is 10.4 Å². The number of nitrogens with zero attached hydrogens (tertiary/aromatic N) is 1. The van der Waals surface area contributed by atoms with E-state index >= 15 is 0 Å². The van der Waals surface area contributed by atoms with Gasteiger partial charge in [-0.25, -0.2) is 0 Å². The number of anilines is 1. The number of aliphatic carboxylic acids is 1. The van der Waals surface area contributed by atoms with Crippen LogP contribution in [0.5, 0.6) is 0 Å². The van der Waals surface area contributed by atoms with Crippen molar-refractivity contribution in [1.29, 1.82) is 0 Å². The van der Waals surface area contributed by atoms with Gasteiger partial charge in [-0.1, -0.05) is 24.6 Å². The van der Waals surface area contributed by atoms with E-state index in [9.17, 15) is 14.7 Å². The van der Waals surface area contributed by atoms with Crippen molar-refractivity contribution in [3.63, 3.8) is 0 Å². The Labute approximate surface area is 118 Å². The van der Waals surface area contributed by atoms with Crippen LogP contribution in [0.25, 0.3) is 0 Å². The van der Waals surface area contributed by atoms with Gasteiger partial charge in [0.15, 0.2) is 0 Å². The number of nitrogens with one attached hydrogen (secondary N) is 1. The molecule has 108 valence electrons. The molecular weight excluding hydrogens is 256 g/mol. The zero-order valence-electron chi connectivity index (χ0n) is 11.8. The number of carbonyl (C=O) groups is 2. The van der Waals surface area contributed by atoms with E-state index < -0.39 is 12.0 Å². The highest BCUT2D eigenvalue weighted by Crippen LogP contribution is 2.23. The van der Waals surface area contributed by atoms with Gasteiger partial charge in [-0.3, -0.25) is 14.5 Å². The molecule has 0 aliphatic carbocycles. The number of aryl methyl sites for hydroxylation is 1. The Morgan fingerprint density at radius 2 is 2.00 bits per heavy atom. The maximum atomic E-state index is 12.0. The first-order valence-corrected chi connectivity index (χ1v) is 6.81. The van der Waals surface area contributed by atoms with E-state index in [-0.39, 0.29) is 18.4 Å². The third-order valence-corrected chi connectivity index (χ3v) is 3.74. The fourth-order valence-corrected chi connectivity index (χ4v) is 2.63. The molecule has 2 atom stereocenters. The summed E-state index contributed by atoms with van der Waals surface area (Å²) in [6.45, 7) is 4.67. The van der Waals surface area contributed by atoms with Gasteiger partial charge >= 0.3 is 5.97 Å². The molecule has 20 heavy (non-hydrogen) atoms. The number of carbonyl (C=O) groups excluding carboxylic acids is 1. The topological polar surface area (TPSA) is 69.6 Å². The summed E-state index contributed by atoms with van der Waals surface area (Å²) in [4.78, 5) is 24.9. The zero-order valence-corrected chi connectivity index (χ0v) is 11.8. The normalized spacial score (nSPS) is 22.7. The maximum Gasteiger partial charge on any atom is 0.321 e. The summed E-state index contributed by atoms with van der Waals surface area (Å²) in [7, 11) is 0. The molecule has 0 aromatic heterocycles. The van der Waals surface area contributed by atoms with Crippen molar-refractivity contribution in [2.75, 3.05) is 18.4 Å². The van der Waals surface area contributed by atoms with Crippen LogP contribution in [0.3, 0.4) is 0 Å². The van der Waals surface area contributed by atoms with Crippen LogP contribution in [0.15, 0.2) is 24.3 Å². The summed E-state index contributed by atoms with van der Waals surface area (Å²) < 4.78 is 0. The number of carboxylic acid groups (broad SMARTS) is 1. The smallest absolute Gasteiger partial charge is 0.321 e. The average Bonchev–Trinajstić information content (AvgIpc) is 2.73. The van der Waals surface area contributed by atoms with Crippen LogP contribution in [-0.2, 0) is 9.59 Å². The highest BCUT2D eigenvalue weighted by molar-refractivity contribution is 5.92. The lowest BCUT2D eigenvalue weighted by Crippen LogP contribution is -2.43. The van der Waals surface area contributed by atoms with Crippen molar-refractivity contribution in [2.45, 2.75) is 26.3 Å². The minimum atomic E-state index is -0.849. The molecule has 2 rings (SSSR count). The van der Waals surface area contributed by atoms with Gasteiger partial charge in [0.1, 0.15) is 6.04 Å². The second-order valence-corrected chi connectivity index (χ2v) is 5.43. The largest absolute Gasteiger partial charge is 0.480 e. The molecule has 1 saturated heterocycles. The molecule has 5 heteroatoms. The summed E-state index contributed by atoms with van der Waals surface area (Å²) in [6, 6.07) is 6.98. The lowest BCUT2D eigenvalue weighted by Gasteiger charge is -2.22. The van der Waals surface area contributed by atoms with Crippen LogP contribution < -0.4 is 5.32 Å². The Bertz CT molecular complexity index is 498. The maximum absolute atomic E-state index is 12.0. The van der Waals surface area contributed by atoms with Crippen LogP contribution in [0.1, 0.15) is 18.9 Å². The van der Waals surface area contributed by atoms with E-state index in [1.165, 1.54) is 0 Å². The van der Waals surface area contributed by atoms with Crippen molar-refractivity contribution in [3.8, 4) is 0 Å². The number of hydrogen-bond acceptors (Lipinski definition) is 3. The Morgan fingerprint density at radius 1 is 1.35 bits per heavy atom. The van der Waals surface area contributed by atoms with Crippen LogP contribution in [0, 0.1) is 12.8 Å². The molecule has 0 bridgehead atoms. The number of benzene rings is 1. The van der Waals surface area contributed by atoms with Crippen molar-refractivity contribution in [1.82, 2.24) is 4.90 Å².